The fourth-order valence-electron chi connectivity index (χ4n) is 1.66. The summed E-state index contributed by atoms with van der Waals surface area (Å²) in [6.07, 6.45) is 1.66. The van der Waals surface area contributed by atoms with Gasteiger partial charge in [0, 0.05) is 24.1 Å². The third kappa shape index (κ3) is 3.51. The van der Waals surface area contributed by atoms with E-state index in [-0.39, 0.29) is 5.91 Å². The van der Waals surface area contributed by atoms with Crippen molar-refractivity contribution in [2.24, 2.45) is 0 Å². The summed E-state index contributed by atoms with van der Waals surface area (Å²) in [5.41, 5.74) is 1.95. The minimum absolute atomic E-state index is 0.231. The lowest BCUT2D eigenvalue weighted by Crippen LogP contribution is -2.14. The molecule has 0 aliphatic rings. The molecule has 2 aromatic heterocycles. The van der Waals surface area contributed by atoms with Gasteiger partial charge in [-0.2, -0.15) is 0 Å². The molecule has 2 aromatic rings. The van der Waals surface area contributed by atoms with Crippen molar-refractivity contribution in [3.05, 3.63) is 47.9 Å². The van der Waals surface area contributed by atoms with Crippen LogP contribution in [-0.4, -0.2) is 22.4 Å². The highest BCUT2D eigenvalue weighted by atomic mass is 16.1. The molecule has 2 rings (SSSR count). The van der Waals surface area contributed by atoms with Gasteiger partial charge in [0.2, 0.25) is 0 Å². The molecule has 19 heavy (non-hydrogen) atoms. The monoisotopic (exact) mass is 256 g/mol. The summed E-state index contributed by atoms with van der Waals surface area (Å²) in [5, 5.41) is 5.87. The molecule has 5 nitrogen and oxygen atoms in total. The minimum atomic E-state index is -0.231. The van der Waals surface area contributed by atoms with Gasteiger partial charge in [-0.3, -0.25) is 9.78 Å². The average Bonchev–Trinajstić information content (AvgIpc) is 2.39. The number of rotatable bonds is 4. The SMILES string of the molecule is CCNc1cccc(C(=O)Nc2ccnc(C)c2)n1. The van der Waals surface area contributed by atoms with E-state index in [1.165, 1.54) is 0 Å². The summed E-state index contributed by atoms with van der Waals surface area (Å²) in [5.74, 6) is 0.464. The Kier molecular flexibility index (Phi) is 4.07. The zero-order valence-corrected chi connectivity index (χ0v) is 11.0. The van der Waals surface area contributed by atoms with E-state index in [1.807, 2.05) is 26.0 Å². The van der Waals surface area contributed by atoms with Crippen LogP contribution < -0.4 is 10.6 Å². The highest BCUT2D eigenvalue weighted by molar-refractivity contribution is 6.03. The van der Waals surface area contributed by atoms with Crippen molar-refractivity contribution in [2.45, 2.75) is 13.8 Å². The predicted molar refractivity (Wildman–Crippen MR) is 75.3 cm³/mol. The van der Waals surface area contributed by atoms with Crippen molar-refractivity contribution in [3.63, 3.8) is 0 Å². The summed E-state index contributed by atoms with van der Waals surface area (Å²) in [6.45, 7) is 4.62. The molecule has 0 aromatic carbocycles. The molecule has 0 aliphatic heterocycles. The number of aryl methyl sites for hydroxylation is 1. The fourth-order valence-corrected chi connectivity index (χ4v) is 1.66. The predicted octanol–water partition coefficient (Wildman–Crippen LogP) is 2.47. The Bertz CT molecular complexity index is 583. The third-order valence-electron chi connectivity index (χ3n) is 2.49. The second kappa shape index (κ2) is 5.95. The number of nitrogens with zero attached hydrogens (tertiary/aromatic N) is 2. The molecular weight excluding hydrogens is 240 g/mol. The van der Waals surface area contributed by atoms with Crippen molar-refractivity contribution in [2.75, 3.05) is 17.2 Å². The fraction of sp³-hybridized carbons (Fsp3) is 0.214. The van der Waals surface area contributed by atoms with Crippen molar-refractivity contribution >= 4 is 17.4 Å². The van der Waals surface area contributed by atoms with Crippen molar-refractivity contribution < 1.29 is 4.79 Å². The Balaban J connectivity index is 2.13. The van der Waals surface area contributed by atoms with E-state index in [0.29, 0.717) is 17.2 Å². The smallest absolute Gasteiger partial charge is 0.274 e. The Hall–Kier alpha value is -2.43. The van der Waals surface area contributed by atoms with Crippen LogP contribution in [0.5, 0.6) is 0 Å². The highest BCUT2D eigenvalue weighted by Crippen LogP contribution is 2.10. The minimum Gasteiger partial charge on any atom is -0.370 e. The second-order valence-electron chi connectivity index (χ2n) is 4.08. The summed E-state index contributed by atoms with van der Waals surface area (Å²) in [6, 6.07) is 8.88. The molecule has 0 spiro atoms. The van der Waals surface area contributed by atoms with Crippen LogP contribution in [0.15, 0.2) is 36.5 Å². The standard InChI is InChI=1S/C14H16N4O/c1-3-15-13-6-4-5-12(18-13)14(19)17-11-7-8-16-10(2)9-11/h4-9H,3H2,1-2H3,(H,15,18)(H,16,17,19). The topological polar surface area (TPSA) is 66.9 Å². The molecule has 5 heteroatoms. The van der Waals surface area contributed by atoms with Gasteiger partial charge >= 0.3 is 0 Å². The highest BCUT2D eigenvalue weighted by Gasteiger charge is 2.08. The van der Waals surface area contributed by atoms with E-state index in [9.17, 15) is 4.79 Å². The van der Waals surface area contributed by atoms with Crippen LogP contribution in [0.2, 0.25) is 0 Å². The normalized spacial score (nSPS) is 10.0. The quantitative estimate of drug-likeness (QED) is 0.881. The largest absolute Gasteiger partial charge is 0.370 e. The molecule has 0 aliphatic carbocycles. The molecule has 0 saturated heterocycles. The molecule has 0 radical (unpaired) electrons. The average molecular weight is 256 g/mol. The number of carbonyl (C=O) groups excluding carboxylic acids is 1. The van der Waals surface area contributed by atoms with Gasteiger partial charge in [0.1, 0.15) is 11.5 Å². The van der Waals surface area contributed by atoms with Crippen LogP contribution in [-0.2, 0) is 0 Å². The maximum Gasteiger partial charge on any atom is 0.274 e. The van der Waals surface area contributed by atoms with Crippen molar-refractivity contribution in [3.8, 4) is 0 Å². The van der Waals surface area contributed by atoms with E-state index < -0.39 is 0 Å². The Morgan fingerprint density at radius 2 is 2.16 bits per heavy atom. The van der Waals surface area contributed by atoms with E-state index in [0.717, 1.165) is 12.2 Å². The van der Waals surface area contributed by atoms with Gasteiger partial charge in [-0.05, 0) is 38.1 Å². The van der Waals surface area contributed by atoms with Crippen LogP contribution in [0.3, 0.4) is 0 Å². The molecule has 98 valence electrons. The van der Waals surface area contributed by atoms with Crippen LogP contribution in [0, 0.1) is 6.92 Å². The molecule has 1 amide bonds. The molecule has 0 unspecified atom stereocenters. The molecule has 0 atom stereocenters. The van der Waals surface area contributed by atoms with Crippen molar-refractivity contribution in [1.29, 1.82) is 0 Å². The van der Waals surface area contributed by atoms with Gasteiger partial charge in [-0.1, -0.05) is 6.07 Å². The lowest BCUT2D eigenvalue weighted by molar-refractivity contribution is 0.102. The number of amides is 1. The number of anilines is 2. The number of hydrogen-bond acceptors (Lipinski definition) is 4. The van der Waals surface area contributed by atoms with Gasteiger partial charge < -0.3 is 10.6 Å². The number of carbonyl (C=O) groups is 1. The number of nitrogens with one attached hydrogen (secondary N) is 2. The Morgan fingerprint density at radius 1 is 1.32 bits per heavy atom. The summed E-state index contributed by atoms with van der Waals surface area (Å²) < 4.78 is 0. The third-order valence-corrected chi connectivity index (χ3v) is 2.49. The second-order valence-corrected chi connectivity index (χ2v) is 4.08. The first-order chi connectivity index (χ1) is 9.19. The van der Waals surface area contributed by atoms with Gasteiger partial charge in [0.25, 0.3) is 5.91 Å². The molecular formula is C14H16N4O. The zero-order valence-electron chi connectivity index (χ0n) is 11.0. The van der Waals surface area contributed by atoms with E-state index in [2.05, 4.69) is 20.6 Å². The zero-order chi connectivity index (χ0) is 13.7. The maximum atomic E-state index is 12.1. The van der Waals surface area contributed by atoms with E-state index in [4.69, 9.17) is 0 Å². The molecule has 2 heterocycles. The molecule has 0 fully saturated rings. The lowest BCUT2D eigenvalue weighted by atomic mass is 10.3. The van der Waals surface area contributed by atoms with Crippen LogP contribution >= 0.6 is 0 Å². The molecule has 0 saturated carbocycles. The van der Waals surface area contributed by atoms with E-state index >= 15 is 0 Å². The van der Waals surface area contributed by atoms with Crippen LogP contribution in [0.1, 0.15) is 23.1 Å². The molecule has 2 N–H and O–H groups in total. The number of aromatic nitrogens is 2. The first kappa shape index (κ1) is 13.0. The van der Waals surface area contributed by atoms with Crippen LogP contribution in [0.4, 0.5) is 11.5 Å². The Morgan fingerprint density at radius 3 is 2.89 bits per heavy atom. The maximum absolute atomic E-state index is 12.1. The van der Waals surface area contributed by atoms with Gasteiger partial charge in [0.15, 0.2) is 0 Å². The Labute approximate surface area is 112 Å². The van der Waals surface area contributed by atoms with E-state index in [1.54, 1.807) is 24.4 Å². The van der Waals surface area contributed by atoms with Gasteiger partial charge in [-0.25, -0.2) is 4.98 Å². The number of pyridine rings is 2. The van der Waals surface area contributed by atoms with Crippen LogP contribution in [0.25, 0.3) is 0 Å². The van der Waals surface area contributed by atoms with Gasteiger partial charge in [-0.15, -0.1) is 0 Å². The number of hydrogen-bond donors (Lipinski definition) is 2. The first-order valence-corrected chi connectivity index (χ1v) is 6.14. The lowest BCUT2D eigenvalue weighted by Gasteiger charge is -2.07. The van der Waals surface area contributed by atoms with Crippen molar-refractivity contribution in [1.82, 2.24) is 9.97 Å². The van der Waals surface area contributed by atoms with Gasteiger partial charge in [0.05, 0.1) is 0 Å². The summed E-state index contributed by atoms with van der Waals surface area (Å²) in [4.78, 5) is 20.4. The summed E-state index contributed by atoms with van der Waals surface area (Å²) in [7, 11) is 0. The molecule has 0 bridgehead atoms. The summed E-state index contributed by atoms with van der Waals surface area (Å²) >= 11 is 0. The first-order valence-electron chi connectivity index (χ1n) is 6.14.